The largest absolute Gasteiger partial charge is 0.478 e. The van der Waals surface area contributed by atoms with Crippen LogP contribution in [-0.4, -0.2) is 17.0 Å². The zero-order valence-corrected chi connectivity index (χ0v) is 6.66. The number of hydrogen-bond donors (Lipinski definition) is 1. The minimum absolute atomic E-state index is 1.05. The van der Waals surface area contributed by atoms with E-state index in [0.29, 0.717) is 0 Å². The van der Waals surface area contributed by atoms with Crippen LogP contribution in [0.2, 0.25) is 0 Å². The summed E-state index contributed by atoms with van der Waals surface area (Å²) in [4.78, 5) is 10.0. The Balaban J connectivity index is 4.75. The number of carboxylic acids is 1. The molecule has 80 valence electrons. The third-order valence-electron chi connectivity index (χ3n) is 1.22. The van der Waals surface area contributed by atoms with Gasteiger partial charge in [-0.25, -0.2) is 4.79 Å². The molecule has 0 unspecified atom stereocenters. The van der Waals surface area contributed by atoms with E-state index in [1.807, 2.05) is 0 Å². The van der Waals surface area contributed by atoms with Gasteiger partial charge >= 0.3 is 18.0 Å². The molecule has 14 heavy (non-hydrogen) atoms. The highest BCUT2D eigenvalue weighted by Crippen LogP contribution is 2.34. The predicted octanol–water partition coefficient (Wildman–Crippen LogP) is 2.73. The molecule has 0 fully saturated rings. The first-order chi connectivity index (χ1) is 6.18. The molecule has 0 atom stereocenters. The normalized spacial score (nSPS) is 10.9. The van der Waals surface area contributed by atoms with Gasteiger partial charge in [0.2, 0.25) is 5.83 Å². The van der Waals surface area contributed by atoms with Crippen molar-refractivity contribution in [2.45, 2.75) is 12.3 Å². The molecule has 0 amide bonds. The van der Waals surface area contributed by atoms with Crippen molar-refractivity contribution in [3.8, 4) is 0 Å². The van der Waals surface area contributed by atoms with Crippen molar-refractivity contribution in [3.63, 3.8) is 0 Å². The summed E-state index contributed by atoms with van der Waals surface area (Å²) in [5.41, 5.74) is -1.05. The van der Waals surface area contributed by atoms with Crippen LogP contribution >= 0.6 is 0 Å². The predicted molar refractivity (Wildman–Crippen MR) is 36.7 cm³/mol. The average Bonchev–Trinajstić information content (AvgIpc) is 2.01. The Morgan fingerprint density at radius 2 is 1.71 bits per heavy atom. The lowest BCUT2D eigenvalue weighted by atomic mass is 10.1. The highest BCUT2D eigenvalue weighted by atomic mass is 19.3. The molecule has 7 heteroatoms. The minimum atomic E-state index is -4.53. The van der Waals surface area contributed by atoms with Gasteiger partial charge in [0.05, 0.1) is 6.42 Å². The molecule has 0 radical (unpaired) electrons. The Morgan fingerprint density at radius 3 is 2.00 bits per heavy atom. The second kappa shape index (κ2) is 4.21. The van der Waals surface area contributed by atoms with Crippen LogP contribution in [0.1, 0.15) is 6.42 Å². The van der Waals surface area contributed by atoms with Crippen molar-refractivity contribution in [3.05, 3.63) is 24.1 Å². The molecular weight excluding hydrogens is 211 g/mol. The molecule has 0 bridgehead atoms. The second-order valence-electron chi connectivity index (χ2n) is 2.36. The summed E-state index contributed by atoms with van der Waals surface area (Å²) in [6.45, 7) is 2.67. The molecule has 0 spiro atoms. The third kappa shape index (κ3) is 3.15. The molecule has 0 aliphatic heterocycles. The van der Waals surface area contributed by atoms with Gasteiger partial charge in [-0.2, -0.15) is 22.0 Å². The van der Waals surface area contributed by atoms with Gasteiger partial charge in [0.15, 0.2) is 0 Å². The molecule has 0 saturated heterocycles. The maximum atomic E-state index is 12.4. The molecule has 0 aliphatic rings. The van der Waals surface area contributed by atoms with Crippen LogP contribution in [-0.2, 0) is 4.79 Å². The van der Waals surface area contributed by atoms with E-state index in [2.05, 4.69) is 6.58 Å². The SMILES string of the molecule is C=C(CC(F)(F)C(F)=C(F)F)C(=O)O. The fourth-order valence-electron chi connectivity index (χ4n) is 0.559. The summed E-state index contributed by atoms with van der Waals surface area (Å²) in [5.74, 6) is -9.26. The fourth-order valence-corrected chi connectivity index (χ4v) is 0.559. The number of rotatable bonds is 4. The van der Waals surface area contributed by atoms with Crippen molar-refractivity contribution in [2.75, 3.05) is 0 Å². The summed E-state index contributed by atoms with van der Waals surface area (Å²) < 4.78 is 59.8. The van der Waals surface area contributed by atoms with Crippen molar-refractivity contribution >= 4 is 5.97 Å². The van der Waals surface area contributed by atoms with E-state index in [-0.39, 0.29) is 0 Å². The van der Waals surface area contributed by atoms with Crippen molar-refractivity contribution in [2.24, 2.45) is 0 Å². The molecule has 0 rings (SSSR count). The molecule has 1 N–H and O–H groups in total. The first-order valence-corrected chi connectivity index (χ1v) is 3.18. The zero-order chi connectivity index (χ0) is 11.5. The summed E-state index contributed by atoms with van der Waals surface area (Å²) in [6.07, 6.45) is -4.86. The molecular formula is C7H5F5O2. The molecule has 0 saturated carbocycles. The van der Waals surface area contributed by atoms with E-state index in [0.717, 1.165) is 0 Å². The Kier molecular flexibility index (Phi) is 3.79. The highest BCUT2D eigenvalue weighted by Gasteiger charge is 2.40. The van der Waals surface area contributed by atoms with E-state index >= 15 is 0 Å². The first-order valence-electron chi connectivity index (χ1n) is 3.18. The third-order valence-corrected chi connectivity index (χ3v) is 1.22. The molecule has 0 aromatic rings. The lowest BCUT2D eigenvalue weighted by Crippen LogP contribution is -2.20. The van der Waals surface area contributed by atoms with Gasteiger partial charge in [0.25, 0.3) is 0 Å². The maximum Gasteiger partial charge on any atom is 0.331 e. The van der Waals surface area contributed by atoms with E-state index < -0.39 is 35.8 Å². The average molecular weight is 216 g/mol. The lowest BCUT2D eigenvalue weighted by molar-refractivity contribution is -0.133. The van der Waals surface area contributed by atoms with Gasteiger partial charge in [-0.1, -0.05) is 6.58 Å². The van der Waals surface area contributed by atoms with Gasteiger partial charge in [-0.05, 0) is 0 Å². The molecule has 0 heterocycles. The Hall–Kier alpha value is -1.40. The topological polar surface area (TPSA) is 37.3 Å². The Bertz CT molecular complexity index is 290. The second-order valence-corrected chi connectivity index (χ2v) is 2.36. The van der Waals surface area contributed by atoms with Crippen LogP contribution in [0.5, 0.6) is 0 Å². The zero-order valence-electron chi connectivity index (χ0n) is 6.66. The van der Waals surface area contributed by atoms with Crippen molar-refractivity contribution in [1.82, 2.24) is 0 Å². The number of hydrogen-bond acceptors (Lipinski definition) is 1. The van der Waals surface area contributed by atoms with E-state index in [1.54, 1.807) is 0 Å². The van der Waals surface area contributed by atoms with Crippen LogP contribution < -0.4 is 0 Å². The van der Waals surface area contributed by atoms with Crippen LogP contribution in [0.3, 0.4) is 0 Å². The highest BCUT2D eigenvalue weighted by molar-refractivity contribution is 5.85. The van der Waals surface area contributed by atoms with Crippen LogP contribution in [0.15, 0.2) is 24.1 Å². The first kappa shape index (κ1) is 12.6. The van der Waals surface area contributed by atoms with Gasteiger partial charge in [0.1, 0.15) is 0 Å². The summed E-state index contributed by atoms with van der Waals surface area (Å²) in [7, 11) is 0. The van der Waals surface area contributed by atoms with E-state index in [4.69, 9.17) is 5.11 Å². The van der Waals surface area contributed by atoms with Gasteiger partial charge < -0.3 is 5.11 Å². The van der Waals surface area contributed by atoms with Crippen LogP contribution in [0.4, 0.5) is 22.0 Å². The van der Waals surface area contributed by atoms with Crippen molar-refractivity contribution in [1.29, 1.82) is 0 Å². The van der Waals surface area contributed by atoms with Gasteiger partial charge in [-0.15, -0.1) is 0 Å². The van der Waals surface area contributed by atoms with Crippen molar-refractivity contribution < 1.29 is 31.9 Å². The summed E-state index contributed by atoms with van der Waals surface area (Å²) in [6, 6.07) is 0. The minimum Gasteiger partial charge on any atom is -0.478 e. The maximum absolute atomic E-state index is 12.4. The number of halogens is 5. The van der Waals surface area contributed by atoms with E-state index in [9.17, 15) is 26.7 Å². The molecule has 0 aromatic carbocycles. The lowest BCUT2D eigenvalue weighted by Gasteiger charge is -2.12. The number of allylic oxidation sites excluding steroid dienone is 1. The Morgan fingerprint density at radius 1 is 1.29 bits per heavy atom. The fraction of sp³-hybridized carbons (Fsp3) is 0.286. The van der Waals surface area contributed by atoms with Crippen LogP contribution in [0.25, 0.3) is 0 Å². The number of carbonyl (C=O) groups is 1. The number of carboxylic acid groups (broad SMARTS) is 1. The standard InChI is InChI=1S/C7H5F5O2/c1-3(6(13)14)2-7(11,12)4(8)5(9)10/h1-2H2,(H,13,14). The van der Waals surface area contributed by atoms with Gasteiger partial charge in [0, 0.05) is 5.57 Å². The molecule has 0 aliphatic carbocycles. The van der Waals surface area contributed by atoms with Gasteiger partial charge in [-0.3, -0.25) is 0 Å². The van der Waals surface area contributed by atoms with Crippen LogP contribution in [0, 0.1) is 0 Å². The number of aliphatic carboxylic acids is 1. The molecule has 0 aromatic heterocycles. The Labute approximate surface area is 75.3 Å². The smallest absolute Gasteiger partial charge is 0.331 e. The van der Waals surface area contributed by atoms with E-state index in [1.165, 1.54) is 0 Å². The number of alkyl halides is 2. The monoisotopic (exact) mass is 216 g/mol. The molecule has 2 nitrogen and oxygen atoms in total. The summed E-state index contributed by atoms with van der Waals surface area (Å²) in [5, 5.41) is 8.11. The quantitative estimate of drug-likeness (QED) is 0.579. The summed E-state index contributed by atoms with van der Waals surface area (Å²) >= 11 is 0.